The second-order valence-electron chi connectivity index (χ2n) is 19.9. The van der Waals surface area contributed by atoms with Gasteiger partial charge < -0.3 is 39.2 Å². The van der Waals surface area contributed by atoms with Gasteiger partial charge in [0.15, 0.2) is 10.9 Å². The van der Waals surface area contributed by atoms with Crippen LogP contribution >= 0.6 is 23.6 Å². The van der Waals surface area contributed by atoms with Crippen molar-refractivity contribution in [3.63, 3.8) is 0 Å². The molecule has 0 saturated carbocycles. The summed E-state index contributed by atoms with van der Waals surface area (Å²) in [7, 11) is 1.67. The fourth-order valence-corrected chi connectivity index (χ4v) is 9.94. The number of carbonyl (C=O) groups excluding carboxylic acids is 4. The smallest absolute Gasteiger partial charge is 0.417 e. The number of thiocarbonyl (C=S) groups is 1. The molecule has 20 heteroatoms. The lowest BCUT2D eigenvalue weighted by molar-refractivity contribution is -0.144. The summed E-state index contributed by atoms with van der Waals surface area (Å²) in [6.07, 6.45) is -0.800. The molecule has 0 bridgehead atoms. The summed E-state index contributed by atoms with van der Waals surface area (Å²) < 4.78 is 62.0. The summed E-state index contributed by atoms with van der Waals surface area (Å²) in [5.41, 5.74) is 2.09. The molecule has 75 heavy (non-hydrogen) atoms. The number of methoxy groups -OCH3 is 1. The van der Waals surface area contributed by atoms with E-state index in [1.807, 2.05) is 64.4 Å². The molecule has 2 saturated heterocycles. The van der Waals surface area contributed by atoms with E-state index in [9.17, 15) is 37.5 Å². The van der Waals surface area contributed by atoms with Crippen LogP contribution in [-0.2, 0) is 46.0 Å². The van der Waals surface area contributed by atoms with E-state index in [2.05, 4.69) is 10.3 Å². The number of anilines is 2. The number of unbranched alkanes of at least 4 members (excludes halogenated alkanes) is 2. The Kier molecular flexibility index (Phi) is 21.9. The normalized spacial score (nSPS) is 16.9. The molecule has 2 aliphatic heterocycles. The number of ether oxygens (including phenoxy) is 4. The van der Waals surface area contributed by atoms with E-state index in [1.165, 1.54) is 11.0 Å². The van der Waals surface area contributed by atoms with Gasteiger partial charge in [0.25, 0.3) is 5.91 Å². The van der Waals surface area contributed by atoms with Crippen molar-refractivity contribution in [3.8, 4) is 22.3 Å². The minimum absolute atomic E-state index is 0.0460. The van der Waals surface area contributed by atoms with E-state index >= 15 is 0 Å². The lowest BCUT2D eigenvalue weighted by Gasteiger charge is -2.35. The highest BCUT2D eigenvalue weighted by atomic mass is 32.1. The summed E-state index contributed by atoms with van der Waals surface area (Å²) in [5.74, 6) is -0.693. The number of hydrogen-bond donors (Lipinski definition) is 2. The maximum atomic E-state index is 13.7. The number of alkyl halides is 3. The molecule has 0 radical (unpaired) electrons. The topological polar surface area (TPSA) is 184 Å². The van der Waals surface area contributed by atoms with Crippen molar-refractivity contribution in [2.24, 2.45) is 5.41 Å². The fourth-order valence-electron chi connectivity index (χ4n) is 8.61. The number of amides is 3. The predicted molar refractivity (Wildman–Crippen MR) is 286 cm³/mol. The number of Topliss-reactive ketones (excluding diaryl/α,β-unsaturated/α-hetero) is 1. The van der Waals surface area contributed by atoms with E-state index in [1.54, 1.807) is 67.5 Å². The number of nitrogens with zero attached hydrogens (tertiary/aromatic N) is 5. The first-order valence-corrected chi connectivity index (χ1v) is 26.3. The third kappa shape index (κ3) is 16.1. The summed E-state index contributed by atoms with van der Waals surface area (Å²) in [6, 6.07) is 18.2. The first-order chi connectivity index (χ1) is 35.5. The van der Waals surface area contributed by atoms with E-state index in [0.29, 0.717) is 37.7 Å². The van der Waals surface area contributed by atoms with Crippen molar-refractivity contribution < 1.29 is 56.4 Å². The maximum absolute atomic E-state index is 13.7. The average Bonchev–Trinajstić information content (AvgIpc) is 4.03. The van der Waals surface area contributed by atoms with Crippen molar-refractivity contribution in [1.82, 2.24) is 15.2 Å². The first-order valence-electron chi connectivity index (χ1n) is 25.0. The molecule has 1 aromatic heterocycles. The number of aliphatic hydroxyl groups is 1. The van der Waals surface area contributed by atoms with Crippen LogP contribution in [0, 0.1) is 23.7 Å². The van der Waals surface area contributed by atoms with Crippen LogP contribution < -0.4 is 19.9 Å². The molecular formula is C55H69F3N6O9S2. The SMILES string of the molecule is CCCOCCOCC(=O)N[C@H](C(=O)N1C[C@H](O)C[C@H]1C(=O)CCc1ccc(-c2scnc2C)cc1)C(C)(C)C.COCCCCCOc1ccc(N2C(=S)N(c3ccc(C#N)c(C(F)(F)F)c3)C(=O)C2(C)C)cc1. The Morgan fingerprint density at radius 1 is 0.960 bits per heavy atom. The number of benzene rings is 3. The number of aromatic nitrogens is 1. The van der Waals surface area contributed by atoms with Crippen molar-refractivity contribution >= 4 is 63.5 Å². The monoisotopic (exact) mass is 1080 g/mol. The first kappa shape index (κ1) is 60.0. The highest BCUT2D eigenvalue weighted by Gasteiger charge is 2.51. The van der Waals surface area contributed by atoms with Crippen LogP contribution in [0.2, 0.25) is 0 Å². The van der Waals surface area contributed by atoms with Crippen molar-refractivity contribution in [1.29, 1.82) is 5.26 Å². The molecule has 0 spiro atoms. The number of nitrogens with one attached hydrogen (secondary N) is 1. The second kappa shape index (κ2) is 27.3. The highest BCUT2D eigenvalue weighted by molar-refractivity contribution is 7.81. The third-order valence-corrected chi connectivity index (χ3v) is 14.0. The summed E-state index contributed by atoms with van der Waals surface area (Å²) >= 11 is 7.14. The van der Waals surface area contributed by atoms with Gasteiger partial charge >= 0.3 is 6.18 Å². The predicted octanol–water partition coefficient (Wildman–Crippen LogP) is 9.25. The molecule has 406 valence electrons. The van der Waals surface area contributed by atoms with E-state index < -0.39 is 58.3 Å². The van der Waals surface area contributed by atoms with Crippen molar-refractivity contribution in [3.05, 3.63) is 94.6 Å². The molecule has 4 aromatic rings. The number of aryl methyl sites for hydroxylation is 2. The number of halogens is 3. The minimum atomic E-state index is -4.75. The number of thiazole rings is 1. The maximum Gasteiger partial charge on any atom is 0.417 e. The Morgan fingerprint density at radius 3 is 2.24 bits per heavy atom. The zero-order valence-corrected chi connectivity index (χ0v) is 45.6. The molecule has 3 aromatic carbocycles. The Morgan fingerprint density at radius 2 is 1.63 bits per heavy atom. The Balaban J connectivity index is 0.000000280. The molecule has 15 nitrogen and oxygen atoms in total. The molecule has 2 aliphatic rings. The number of carbonyl (C=O) groups is 4. The van der Waals surface area contributed by atoms with Crippen LogP contribution in [0.15, 0.2) is 72.2 Å². The van der Waals surface area contributed by atoms with Crippen LogP contribution in [-0.4, -0.2) is 121 Å². The van der Waals surface area contributed by atoms with Crippen LogP contribution in [0.3, 0.4) is 0 Å². The Labute approximate surface area is 447 Å². The molecule has 3 heterocycles. The van der Waals surface area contributed by atoms with Gasteiger partial charge in [-0.1, -0.05) is 52.0 Å². The average molecular weight is 1080 g/mol. The van der Waals surface area contributed by atoms with Gasteiger partial charge in [-0.15, -0.1) is 11.3 Å². The number of likely N-dealkylation sites (tertiary alicyclic amines) is 1. The van der Waals surface area contributed by atoms with Crippen LogP contribution in [0.4, 0.5) is 24.5 Å². The quantitative estimate of drug-likeness (QED) is 0.0530. The van der Waals surface area contributed by atoms with Gasteiger partial charge in [-0.05, 0) is 124 Å². The van der Waals surface area contributed by atoms with Crippen molar-refractivity contribution in [2.45, 2.75) is 123 Å². The van der Waals surface area contributed by atoms with E-state index in [-0.39, 0.29) is 55.1 Å². The fraction of sp³-hybridized carbons (Fsp3) is 0.509. The zero-order valence-electron chi connectivity index (χ0n) is 44.0. The van der Waals surface area contributed by atoms with Gasteiger partial charge in [0.2, 0.25) is 11.8 Å². The largest absolute Gasteiger partial charge is 0.494 e. The van der Waals surface area contributed by atoms with Crippen LogP contribution in [0.25, 0.3) is 10.4 Å². The third-order valence-electron chi connectivity index (χ3n) is 12.6. The molecule has 0 aliphatic carbocycles. The summed E-state index contributed by atoms with van der Waals surface area (Å²) in [4.78, 5) is 62.4. The van der Waals surface area contributed by atoms with Gasteiger partial charge in [-0.3, -0.25) is 24.1 Å². The standard InChI is InChI=1S/C30H43N3O6S.C25H26F3N3O3S/c1-6-13-38-14-15-39-18-26(36)32-28(30(3,4)5)29(37)33-17-23(34)16-24(33)25(35)12-9-21-7-10-22(11-8-21)27-20(2)31-19-40-27;1-24(2)22(32)30(19-8-7-17(16-29)21(15-19)25(26,27)28)23(35)31(24)18-9-11-20(12-10-18)34-14-6-4-5-13-33-3/h7-8,10-11,19,23-24,28,34H,6,9,12-18H2,1-5H3,(H,32,36);7-12,15H,4-6,13-14H2,1-3H3/t23-,24+,28-;/m1./s1. The number of rotatable bonds is 23. The Hall–Kier alpha value is -5.82. The number of aliphatic hydroxyl groups excluding tert-OH is 1. The molecule has 6 rings (SSSR count). The highest BCUT2D eigenvalue weighted by Crippen LogP contribution is 2.40. The van der Waals surface area contributed by atoms with E-state index in [0.717, 1.165) is 71.0 Å². The lowest BCUT2D eigenvalue weighted by Crippen LogP contribution is -2.57. The second-order valence-corrected chi connectivity index (χ2v) is 21.1. The number of ketones is 1. The number of hydrogen-bond acceptors (Lipinski definition) is 13. The summed E-state index contributed by atoms with van der Waals surface area (Å²) in [6.45, 7) is 15.3. The molecule has 3 amide bonds. The Bertz CT molecular complexity index is 2620. The number of β-amino-alcohol motifs (C(OH)–C–C–N with tert-alkyl or cyclic N) is 1. The van der Waals surface area contributed by atoms with Gasteiger partial charge in [0.05, 0.1) is 70.9 Å². The minimum Gasteiger partial charge on any atom is -0.494 e. The van der Waals surface area contributed by atoms with Gasteiger partial charge in [0.1, 0.15) is 23.9 Å². The van der Waals surface area contributed by atoms with Crippen LogP contribution in [0.5, 0.6) is 5.75 Å². The molecule has 3 atom stereocenters. The van der Waals surface area contributed by atoms with Gasteiger partial charge in [-0.25, -0.2) is 4.98 Å². The summed E-state index contributed by atoms with van der Waals surface area (Å²) in [5, 5.41) is 22.3. The molecule has 0 unspecified atom stereocenters. The zero-order chi connectivity index (χ0) is 55.1. The lowest BCUT2D eigenvalue weighted by atomic mass is 9.85. The van der Waals surface area contributed by atoms with Gasteiger partial charge in [-0.2, -0.15) is 18.4 Å². The van der Waals surface area contributed by atoms with Crippen LogP contribution in [0.1, 0.15) is 102 Å². The van der Waals surface area contributed by atoms with Crippen molar-refractivity contribution in [2.75, 3.05) is 63.1 Å². The number of nitriles is 1. The molecule has 2 N–H and O–H groups in total. The van der Waals surface area contributed by atoms with E-state index in [4.69, 9.17) is 36.4 Å². The van der Waals surface area contributed by atoms with Gasteiger partial charge in [0, 0.05) is 45.4 Å². The molecular weight excluding hydrogens is 1010 g/mol. The molecule has 2 fully saturated rings.